The lowest BCUT2D eigenvalue weighted by Crippen LogP contribution is -2.41. The standard InChI is InChI=1S/C20H23N5O4/c26-18(4-3-13-2-1-7-21-8-13)22-9-14-15-11-25(19(27)16-10-23-29-24-16)12-20(15)6-5-17(14)28-20/h1-2,7-8,10,14-15,17H,3-6,9,11-12H2,(H,22,26)/t14-,15+,17+,20+/m0/s1. The third-order valence-corrected chi connectivity index (χ3v) is 6.55. The summed E-state index contributed by atoms with van der Waals surface area (Å²) in [4.78, 5) is 30.8. The van der Waals surface area contributed by atoms with Gasteiger partial charge in [-0.2, -0.15) is 0 Å². The van der Waals surface area contributed by atoms with E-state index >= 15 is 0 Å². The summed E-state index contributed by atoms with van der Waals surface area (Å²) < 4.78 is 10.9. The molecule has 0 aromatic carbocycles. The predicted molar refractivity (Wildman–Crippen MR) is 99.6 cm³/mol. The van der Waals surface area contributed by atoms with E-state index in [0.29, 0.717) is 32.5 Å². The van der Waals surface area contributed by atoms with Crippen molar-refractivity contribution in [2.45, 2.75) is 37.4 Å². The normalized spacial score (nSPS) is 29.8. The minimum atomic E-state index is -0.289. The number of aryl methyl sites for hydroxylation is 1. The topological polar surface area (TPSA) is 110 Å². The first-order valence-electron chi connectivity index (χ1n) is 10.0. The Labute approximate surface area is 167 Å². The van der Waals surface area contributed by atoms with Crippen LogP contribution in [0, 0.1) is 11.8 Å². The number of ether oxygens (including phenoxy) is 1. The van der Waals surface area contributed by atoms with Gasteiger partial charge in [0, 0.05) is 43.7 Å². The van der Waals surface area contributed by atoms with Crippen LogP contribution in [0.2, 0.25) is 0 Å². The number of hydrogen-bond acceptors (Lipinski definition) is 7. The van der Waals surface area contributed by atoms with E-state index in [0.717, 1.165) is 18.4 Å². The van der Waals surface area contributed by atoms with E-state index in [1.165, 1.54) is 6.20 Å². The zero-order chi connectivity index (χ0) is 19.8. The van der Waals surface area contributed by atoms with Crippen LogP contribution in [0.1, 0.15) is 35.3 Å². The smallest absolute Gasteiger partial charge is 0.277 e. The SMILES string of the molecule is O=C(CCc1cccnc1)NC[C@H]1[C@H]2CN(C(=O)c3cnon3)C[C@]23CC[C@H]1O3. The molecule has 2 aromatic heterocycles. The summed E-state index contributed by atoms with van der Waals surface area (Å²) in [7, 11) is 0. The van der Waals surface area contributed by atoms with Gasteiger partial charge in [-0.1, -0.05) is 11.2 Å². The van der Waals surface area contributed by atoms with Crippen LogP contribution < -0.4 is 5.32 Å². The zero-order valence-corrected chi connectivity index (χ0v) is 16.0. The van der Waals surface area contributed by atoms with Crippen LogP contribution in [0.3, 0.4) is 0 Å². The molecular formula is C20H23N5O4. The van der Waals surface area contributed by atoms with Gasteiger partial charge in [0.05, 0.1) is 18.2 Å². The molecule has 9 heteroatoms. The number of rotatable bonds is 6. The molecule has 5 heterocycles. The second kappa shape index (κ2) is 7.22. The van der Waals surface area contributed by atoms with E-state index in [9.17, 15) is 9.59 Å². The molecule has 0 saturated carbocycles. The maximum atomic E-state index is 12.6. The fourth-order valence-electron chi connectivity index (χ4n) is 5.16. The quantitative estimate of drug-likeness (QED) is 0.769. The van der Waals surface area contributed by atoms with E-state index in [2.05, 4.69) is 25.2 Å². The van der Waals surface area contributed by atoms with Crippen LogP contribution >= 0.6 is 0 Å². The number of carbonyl (C=O) groups excluding carboxylic acids is 2. The molecule has 3 aliphatic rings. The molecule has 1 spiro atoms. The Balaban J connectivity index is 1.18. The molecule has 2 bridgehead atoms. The third kappa shape index (κ3) is 3.29. The maximum absolute atomic E-state index is 12.6. The third-order valence-electron chi connectivity index (χ3n) is 6.55. The first kappa shape index (κ1) is 18.2. The van der Waals surface area contributed by atoms with Gasteiger partial charge in [-0.15, -0.1) is 0 Å². The van der Waals surface area contributed by atoms with Crippen LogP contribution in [0.15, 0.2) is 35.4 Å². The molecule has 9 nitrogen and oxygen atoms in total. The molecule has 2 amide bonds. The number of likely N-dealkylation sites (tertiary alicyclic amines) is 1. The highest BCUT2D eigenvalue weighted by atomic mass is 16.6. The second-order valence-electron chi connectivity index (χ2n) is 8.17. The van der Waals surface area contributed by atoms with Gasteiger partial charge in [0.15, 0.2) is 5.69 Å². The Kier molecular flexibility index (Phi) is 4.54. The highest BCUT2D eigenvalue weighted by Crippen LogP contribution is 2.54. The van der Waals surface area contributed by atoms with Crippen molar-refractivity contribution in [1.29, 1.82) is 0 Å². The van der Waals surface area contributed by atoms with Crippen LogP contribution in [0.25, 0.3) is 0 Å². The lowest BCUT2D eigenvalue weighted by atomic mass is 9.73. The summed E-state index contributed by atoms with van der Waals surface area (Å²) in [6.45, 7) is 1.75. The average Bonchev–Trinajstić information content (AvgIpc) is 3.52. The fourth-order valence-corrected chi connectivity index (χ4v) is 5.16. The number of amides is 2. The molecule has 0 unspecified atom stereocenters. The molecule has 4 atom stereocenters. The largest absolute Gasteiger partial charge is 0.369 e. The minimum Gasteiger partial charge on any atom is -0.369 e. The van der Waals surface area contributed by atoms with Gasteiger partial charge < -0.3 is 15.0 Å². The summed E-state index contributed by atoms with van der Waals surface area (Å²) in [5, 5.41) is 10.3. The Bertz CT molecular complexity index is 890. The lowest BCUT2D eigenvalue weighted by molar-refractivity contribution is -0.121. The van der Waals surface area contributed by atoms with Crippen LogP contribution in [-0.2, 0) is 16.0 Å². The average molecular weight is 397 g/mol. The molecule has 2 aromatic rings. The van der Waals surface area contributed by atoms with E-state index in [-0.39, 0.29) is 41.0 Å². The monoisotopic (exact) mass is 397 g/mol. The van der Waals surface area contributed by atoms with Gasteiger partial charge in [0.25, 0.3) is 5.91 Å². The number of nitrogens with zero attached hydrogens (tertiary/aromatic N) is 4. The second-order valence-corrected chi connectivity index (χ2v) is 8.17. The van der Waals surface area contributed by atoms with Crippen molar-refractivity contribution in [2.75, 3.05) is 19.6 Å². The molecular weight excluding hydrogens is 374 g/mol. The van der Waals surface area contributed by atoms with Crippen molar-refractivity contribution in [3.8, 4) is 0 Å². The Morgan fingerprint density at radius 1 is 1.34 bits per heavy atom. The molecule has 1 N–H and O–H groups in total. The molecule has 3 fully saturated rings. The van der Waals surface area contributed by atoms with Crippen molar-refractivity contribution in [2.24, 2.45) is 11.8 Å². The first-order chi connectivity index (χ1) is 14.1. The summed E-state index contributed by atoms with van der Waals surface area (Å²) in [5.74, 6) is 0.301. The fraction of sp³-hybridized carbons (Fsp3) is 0.550. The van der Waals surface area contributed by atoms with Crippen LogP contribution in [0.5, 0.6) is 0 Å². The minimum absolute atomic E-state index is 0.0327. The number of aromatic nitrogens is 3. The first-order valence-corrected chi connectivity index (χ1v) is 10.0. The molecule has 5 rings (SSSR count). The van der Waals surface area contributed by atoms with Gasteiger partial charge in [-0.3, -0.25) is 14.6 Å². The number of pyridine rings is 1. The summed E-state index contributed by atoms with van der Waals surface area (Å²) in [5.41, 5.74) is 0.983. The molecule has 29 heavy (non-hydrogen) atoms. The zero-order valence-electron chi connectivity index (χ0n) is 16.0. The van der Waals surface area contributed by atoms with Crippen LogP contribution in [-0.4, -0.2) is 63.4 Å². The Morgan fingerprint density at radius 3 is 3.07 bits per heavy atom. The van der Waals surface area contributed by atoms with Gasteiger partial charge in [0.1, 0.15) is 6.20 Å². The maximum Gasteiger partial charge on any atom is 0.277 e. The molecule has 0 aliphatic carbocycles. The Morgan fingerprint density at radius 2 is 2.28 bits per heavy atom. The summed E-state index contributed by atoms with van der Waals surface area (Å²) >= 11 is 0. The van der Waals surface area contributed by atoms with Gasteiger partial charge in [0.2, 0.25) is 5.91 Å². The molecule has 0 radical (unpaired) electrons. The number of carbonyl (C=O) groups is 2. The Hall–Kier alpha value is -2.81. The number of hydrogen-bond donors (Lipinski definition) is 1. The molecule has 3 saturated heterocycles. The van der Waals surface area contributed by atoms with Crippen molar-refractivity contribution in [3.05, 3.63) is 42.0 Å². The van der Waals surface area contributed by atoms with Crippen LogP contribution in [0.4, 0.5) is 0 Å². The highest BCUT2D eigenvalue weighted by Gasteiger charge is 2.63. The van der Waals surface area contributed by atoms with Crippen molar-refractivity contribution in [1.82, 2.24) is 25.5 Å². The molecule has 3 aliphatic heterocycles. The van der Waals surface area contributed by atoms with E-state index < -0.39 is 0 Å². The predicted octanol–water partition coefficient (Wildman–Crippen LogP) is 0.833. The summed E-state index contributed by atoms with van der Waals surface area (Å²) in [6, 6.07) is 3.85. The highest BCUT2D eigenvalue weighted by molar-refractivity contribution is 5.92. The van der Waals surface area contributed by atoms with E-state index in [4.69, 9.17) is 4.74 Å². The van der Waals surface area contributed by atoms with Gasteiger partial charge >= 0.3 is 0 Å². The number of nitrogens with one attached hydrogen (secondary N) is 1. The van der Waals surface area contributed by atoms with Crippen molar-refractivity contribution in [3.63, 3.8) is 0 Å². The number of fused-ring (bicyclic) bond motifs is 1. The van der Waals surface area contributed by atoms with E-state index in [1.807, 2.05) is 12.1 Å². The summed E-state index contributed by atoms with van der Waals surface area (Å²) in [6.07, 6.45) is 8.04. The molecule has 152 valence electrons. The lowest BCUT2D eigenvalue weighted by Gasteiger charge is -2.29. The van der Waals surface area contributed by atoms with Crippen molar-refractivity contribution >= 4 is 11.8 Å². The van der Waals surface area contributed by atoms with Gasteiger partial charge in [-0.05, 0) is 36.0 Å². The van der Waals surface area contributed by atoms with E-state index in [1.54, 1.807) is 17.3 Å². The van der Waals surface area contributed by atoms with Crippen molar-refractivity contribution < 1.29 is 19.0 Å². The van der Waals surface area contributed by atoms with Gasteiger partial charge in [-0.25, -0.2) is 4.63 Å².